The van der Waals surface area contributed by atoms with Crippen molar-refractivity contribution in [1.29, 1.82) is 0 Å². The summed E-state index contributed by atoms with van der Waals surface area (Å²) in [7, 11) is 2.25. The van der Waals surface area contributed by atoms with Crippen LogP contribution in [0.15, 0.2) is 212 Å². The Morgan fingerprint density at radius 2 is 0.842 bits per heavy atom. The van der Waals surface area contributed by atoms with E-state index >= 15 is 0 Å². The summed E-state index contributed by atoms with van der Waals surface area (Å²) in [4.78, 5) is 7.30. The summed E-state index contributed by atoms with van der Waals surface area (Å²) in [6.45, 7) is 0.0601. The van der Waals surface area contributed by atoms with Crippen molar-refractivity contribution in [3.05, 3.63) is 212 Å². The molecule has 0 bridgehead atoms. The van der Waals surface area contributed by atoms with Crippen molar-refractivity contribution in [2.24, 2.45) is 0 Å². The molecule has 0 radical (unpaired) electrons. The molecule has 4 heteroatoms. The topological polar surface area (TPSA) is 9.72 Å². The molecule has 0 amide bonds. The first-order valence-electron chi connectivity index (χ1n) is 19.7. The Kier molecular flexibility index (Phi) is 7.82. The Balaban J connectivity index is 1.34. The largest absolute Gasteiger partial charge is 0.345 e. The van der Waals surface area contributed by atoms with Crippen molar-refractivity contribution in [3.8, 4) is 0 Å². The van der Waals surface area contributed by atoms with Gasteiger partial charge in [0.2, 0.25) is 6.71 Å². The van der Waals surface area contributed by atoms with E-state index in [-0.39, 0.29) is 6.71 Å². The zero-order chi connectivity index (χ0) is 37.9. The molecule has 1 heterocycles. The van der Waals surface area contributed by atoms with E-state index in [0.717, 1.165) is 34.1 Å². The summed E-state index contributed by atoms with van der Waals surface area (Å²) in [5.74, 6) is 0. The van der Waals surface area contributed by atoms with E-state index in [1.54, 1.807) is 0 Å². The summed E-state index contributed by atoms with van der Waals surface area (Å²) in [6, 6.07) is 77.5. The van der Waals surface area contributed by atoms with Gasteiger partial charge in [-0.2, -0.15) is 0 Å². The molecule has 1 aliphatic heterocycles. The molecule has 11 rings (SSSR count). The number of nitrogens with zero attached hydrogens (tertiary/aromatic N) is 3. The van der Waals surface area contributed by atoms with Crippen molar-refractivity contribution in [3.63, 3.8) is 0 Å². The maximum absolute atomic E-state index is 2.48. The molecular weight excluding hydrogens is 689 g/mol. The first-order chi connectivity index (χ1) is 28.2. The van der Waals surface area contributed by atoms with Gasteiger partial charge in [-0.05, 0) is 83.0 Å². The highest BCUT2D eigenvalue weighted by Crippen LogP contribution is 2.52. The Hall–Kier alpha value is -7.30. The first kappa shape index (κ1) is 33.1. The summed E-state index contributed by atoms with van der Waals surface area (Å²) >= 11 is 0. The van der Waals surface area contributed by atoms with E-state index in [4.69, 9.17) is 0 Å². The predicted molar refractivity (Wildman–Crippen MR) is 245 cm³/mol. The van der Waals surface area contributed by atoms with E-state index in [1.807, 2.05) is 0 Å². The zero-order valence-electron chi connectivity index (χ0n) is 31.6. The third kappa shape index (κ3) is 5.29. The second-order valence-corrected chi connectivity index (χ2v) is 14.9. The van der Waals surface area contributed by atoms with Crippen LogP contribution in [0.2, 0.25) is 0 Å². The molecule has 0 saturated heterocycles. The molecule has 0 unspecified atom stereocenters. The van der Waals surface area contributed by atoms with Gasteiger partial charge in [-0.25, -0.2) is 0 Å². The minimum absolute atomic E-state index is 0.0601. The minimum Gasteiger partial charge on any atom is -0.345 e. The van der Waals surface area contributed by atoms with Crippen LogP contribution in [0.3, 0.4) is 0 Å². The molecule has 0 saturated carbocycles. The SMILES string of the molecule is CN1c2ccccc2B(c2ccccc2)c2ccc3ccc4c(N(c5ccccc5)c5ccccc5)cc(N(c5ccccc5)c5ccccc5)c5cc1c2c3c45. The van der Waals surface area contributed by atoms with Gasteiger partial charge >= 0.3 is 0 Å². The fraction of sp³-hybridized carbons (Fsp3) is 0.0189. The van der Waals surface area contributed by atoms with Crippen LogP contribution in [0.1, 0.15) is 0 Å². The third-order valence-electron chi connectivity index (χ3n) is 11.8. The number of para-hydroxylation sites is 5. The second-order valence-electron chi connectivity index (χ2n) is 14.9. The van der Waals surface area contributed by atoms with Crippen molar-refractivity contribution >= 4 is 101 Å². The monoisotopic (exact) mass is 727 g/mol. The average Bonchev–Trinajstić information content (AvgIpc) is 3.38. The van der Waals surface area contributed by atoms with Gasteiger partial charge in [0.1, 0.15) is 0 Å². The average molecular weight is 728 g/mol. The number of hydrogen-bond acceptors (Lipinski definition) is 3. The molecular formula is C53H38BN3. The van der Waals surface area contributed by atoms with E-state index in [1.165, 1.54) is 60.1 Å². The van der Waals surface area contributed by atoms with Gasteiger partial charge in [0.25, 0.3) is 0 Å². The number of fused-ring (bicyclic) bond motifs is 1. The van der Waals surface area contributed by atoms with Gasteiger partial charge in [-0.15, -0.1) is 0 Å². The first-order valence-corrected chi connectivity index (χ1v) is 19.7. The van der Waals surface area contributed by atoms with Crippen molar-refractivity contribution in [2.45, 2.75) is 0 Å². The molecule has 10 aromatic rings. The molecule has 0 atom stereocenters. The van der Waals surface area contributed by atoms with Crippen LogP contribution in [0.5, 0.6) is 0 Å². The van der Waals surface area contributed by atoms with Gasteiger partial charge < -0.3 is 14.7 Å². The molecule has 0 fully saturated rings. The zero-order valence-corrected chi connectivity index (χ0v) is 31.6. The number of anilines is 8. The van der Waals surface area contributed by atoms with Gasteiger partial charge in [0.05, 0.1) is 11.4 Å². The predicted octanol–water partition coefficient (Wildman–Crippen LogP) is 12.1. The van der Waals surface area contributed by atoms with E-state index in [2.05, 4.69) is 234 Å². The van der Waals surface area contributed by atoms with Crippen LogP contribution < -0.4 is 31.1 Å². The van der Waals surface area contributed by atoms with Crippen molar-refractivity contribution in [1.82, 2.24) is 0 Å². The molecule has 57 heavy (non-hydrogen) atoms. The molecule has 0 N–H and O–H groups in total. The highest BCUT2D eigenvalue weighted by molar-refractivity contribution is 6.98. The third-order valence-corrected chi connectivity index (χ3v) is 11.8. The maximum atomic E-state index is 2.48. The number of rotatable bonds is 7. The Morgan fingerprint density at radius 3 is 1.40 bits per heavy atom. The van der Waals surface area contributed by atoms with E-state index in [0.29, 0.717) is 0 Å². The molecule has 1 aliphatic rings. The fourth-order valence-corrected chi connectivity index (χ4v) is 9.35. The smallest absolute Gasteiger partial charge is 0.244 e. The van der Waals surface area contributed by atoms with Crippen LogP contribution in [0, 0.1) is 0 Å². The normalized spacial score (nSPS) is 12.2. The Morgan fingerprint density at radius 1 is 0.368 bits per heavy atom. The number of hydrogen-bond donors (Lipinski definition) is 0. The summed E-state index contributed by atoms with van der Waals surface area (Å²) < 4.78 is 0. The minimum atomic E-state index is 0.0601. The van der Waals surface area contributed by atoms with Gasteiger partial charge in [-0.3, -0.25) is 0 Å². The quantitative estimate of drug-likeness (QED) is 0.120. The van der Waals surface area contributed by atoms with Crippen LogP contribution in [0.4, 0.5) is 45.5 Å². The lowest BCUT2D eigenvalue weighted by molar-refractivity contribution is 1.23. The fourth-order valence-electron chi connectivity index (χ4n) is 9.35. The van der Waals surface area contributed by atoms with E-state index < -0.39 is 0 Å². The standard InChI is InChI=1S/C53H38BN3/c1-55-47-30-18-17-29-45(47)54(38-19-7-2-8-20-38)46-34-32-37-31-33-43-48(56(39-21-9-3-10-22-39)40-23-11-4-12-24-40)36-49(44-35-50(55)53(46)51(37)52(43)44)57(41-25-13-5-14-26-41)42-27-15-6-16-28-42/h2-36H,1H3. The molecule has 0 spiro atoms. The van der Waals surface area contributed by atoms with Crippen LogP contribution >= 0.6 is 0 Å². The van der Waals surface area contributed by atoms with Gasteiger partial charge in [0, 0.05) is 62.7 Å². The maximum Gasteiger partial charge on any atom is 0.244 e. The van der Waals surface area contributed by atoms with E-state index in [9.17, 15) is 0 Å². The summed E-state index contributed by atoms with van der Waals surface area (Å²) in [5.41, 5.74) is 13.0. The summed E-state index contributed by atoms with van der Waals surface area (Å²) in [5, 5.41) is 7.51. The molecule has 10 aromatic carbocycles. The Labute approximate surface area is 333 Å². The van der Waals surface area contributed by atoms with Crippen molar-refractivity contribution in [2.75, 3.05) is 21.7 Å². The van der Waals surface area contributed by atoms with Gasteiger partial charge in [0.15, 0.2) is 0 Å². The molecule has 3 nitrogen and oxygen atoms in total. The molecule has 0 aliphatic carbocycles. The lowest BCUT2D eigenvalue weighted by atomic mass is 9.36. The molecule has 268 valence electrons. The highest BCUT2D eigenvalue weighted by atomic mass is 15.2. The van der Waals surface area contributed by atoms with Crippen LogP contribution in [-0.4, -0.2) is 13.8 Å². The highest BCUT2D eigenvalue weighted by Gasteiger charge is 2.34. The summed E-state index contributed by atoms with van der Waals surface area (Å²) in [6.07, 6.45) is 0. The lowest BCUT2D eigenvalue weighted by Gasteiger charge is -2.33. The van der Waals surface area contributed by atoms with Crippen molar-refractivity contribution < 1.29 is 0 Å². The molecule has 0 aromatic heterocycles. The van der Waals surface area contributed by atoms with Crippen LogP contribution in [-0.2, 0) is 0 Å². The number of benzene rings is 10. The Bertz CT molecular complexity index is 2950. The van der Waals surface area contributed by atoms with Crippen LogP contribution in [0.25, 0.3) is 32.3 Å². The lowest BCUT2D eigenvalue weighted by Crippen LogP contribution is -2.52. The van der Waals surface area contributed by atoms with Gasteiger partial charge in [-0.1, -0.05) is 157 Å². The second kappa shape index (κ2) is 13.5.